The summed E-state index contributed by atoms with van der Waals surface area (Å²) < 4.78 is 20.1. The van der Waals surface area contributed by atoms with E-state index in [2.05, 4.69) is 5.32 Å². The average Bonchev–Trinajstić information content (AvgIpc) is 3.28. The van der Waals surface area contributed by atoms with Gasteiger partial charge in [-0.1, -0.05) is 37.3 Å². The van der Waals surface area contributed by atoms with E-state index < -0.39 is 47.0 Å². The predicted molar refractivity (Wildman–Crippen MR) is 118 cm³/mol. The van der Waals surface area contributed by atoms with Gasteiger partial charge in [0.15, 0.2) is 5.78 Å². The number of carbonyl (C=O) groups excluding carboxylic acids is 4. The number of amides is 2. The molecular formula is C25H25FN2O5. The van der Waals surface area contributed by atoms with Crippen molar-refractivity contribution in [3.8, 4) is 0 Å². The standard InChI is InChI=1S/C25H25FN2O5/c1-4-25(24(32)33-5-2)20-19(21(27-25)17-11-6-7-12-18(17)26)22(30)28(23(20)31)16-10-8-9-15(13-16)14(3)29/h6-13,19-21,27H,4-5H2,1-3H3/t19-,20+,21-,25-/m0/s1. The van der Waals surface area contributed by atoms with Crippen LogP contribution in [-0.2, 0) is 19.1 Å². The SMILES string of the molecule is CCOC(=O)[C@@]1(CC)N[C@@H](c2ccccc2F)[C@H]2C(=O)N(c3cccc(C(C)=O)c3)C(=O)[C@@H]21. The average molecular weight is 452 g/mol. The van der Waals surface area contributed by atoms with Crippen molar-refractivity contribution in [1.29, 1.82) is 0 Å². The monoisotopic (exact) mass is 452 g/mol. The molecular weight excluding hydrogens is 427 g/mol. The van der Waals surface area contributed by atoms with E-state index in [0.29, 0.717) is 5.56 Å². The number of nitrogens with zero attached hydrogens (tertiary/aromatic N) is 1. The molecule has 1 N–H and O–H groups in total. The Balaban J connectivity index is 1.87. The van der Waals surface area contributed by atoms with Crippen LogP contribution in [0.3, 0.4) is 0 Å². The lowest BCUT2D eigenvalue weighted by Crippen LogP contribution is -2.56. The fourth-order valence-electron chi connectivity index (χ4n) is 5.03. The minimum atomic E-state index is -1.49. The number of hydrogen-bond donors (Lipinski definition) is 1. The number of halogens is 1. The van der Waals surface area contributed by atoms with Gasteiger partial charge in [-0.25, -0.2) is 9.29 Å². The van der Waals surface area contributed by atoms with Crippen LogP contribution in [0, 0.1) is 17.7 Å². The maximum absolute atomic E-state index is 14.8. The molecule has 2 heterocycles. The zero-order chi connectivity index (χ0) is 23.9. The van der Waals surface area contributed by atoms with Crippen LogP contribution in [0.25, 0.3) is 0 Å². The normalized spacial score (nSPS) is 26.4. The van der Waals surface area contributed by atoms with Gasteiger partial charge in [-0.2, -0.15) is 0 Å². The first-order chi connectivity index (χ1) is 15.8. The Bertz CT molecular complexity index is 1150. The molecule has 4 rings (SSSR count). The lowest BCUT2D eigenvalue weighted by Gasteiger charge is -2.32. The second kappa shape index (κ2) is 8.51. The Morgan fingerprint density at radius 3 is 2.45 bits per heavy atom. The number of benzene rings is 2. The van der Waals surface area contributed by atoms with Crippen LogP contribution in [0.4, 0.5) is 10.1 Å². The highest BCUT2D eigenvalue weighted by Crippen LogP contribution is 2.51. The summed E-state index contributed by atoms with van der Waals surface area (Å²) in [6, 6.07) is 11.3. The molecule has 7 nitrogen and oxygen atoms in total. The molecule has 2 aliphatic rings. The molecule has 0 saturated carbocycles. The van der Waals surface area contributed by atoms with Gasteiger partial charge in [0.2, 0.25) is 11.8 Å². The Morgan fingerprint density at radius 1 is 1.09 bits per heavy atom. The molecule has 8 heteroatoms. The van der Waals surface area contributed by atoms with Crippen molar-refractivity contribution >= 4 is 29.3 Å². The molecule has 0 bridgehead atoms. The first-order valence-electron chi connectivity index (χ1n) is 10.9. The summed E-state index contributed by atoms with van der Waals surface area (Å²) in [6.07, 6.45) is 0.165. The van der Waals surface area contributed by atoms with E-state index in [0.717, 1.165) is 4.90 Å². The number of ketones is 1. The van der Waals surface area contributed by atoms with Crippen molar-refractivity contribution in [3.63, 3.8) is 0 Å². The van der Waals surface area contributed by atoms with Gasteiger partial charge < -0.3 is 4.74 Å². The van der Waals surface area contributed by atoms with Gasteiger partial charge in [-0.15, -0.1) is 0 Å². The second-order valence-corrected chi connectivity index (χ2v) is 8.31. The number of imide groups is 1. The number of ether oxygens (including phenoxy) is 1. The summed E-state index contributed by atoms with van der Waals surface area (Å²) in [7, 11) is 0. The summed E-state index contributed by atoms with van der Waals surface area (Å²) >= 11 is 0. The number of anilines is 1. The molecule has 2 fully saturated rings. The fraction of sp³-hybridized carbons (Fsp3) is 0.360. The molecule has 0 radical (unpaired) electrons. The Morgan fingerprint density at radius 2 is 1.82 bits per heavy atom. The number of Topliss-reactive ketones (excluding diaryl/α,β-unsaturated/α-hetero) is 1. The van der Waals surface area contributed by atoms with Gasteiger partial charge >= 0.3 is 5.97 Å². The molecule has 2 saturated heterocycles. The van der Waals surface area contributed by atoms with Gasteiger partial charge in [0, 0.05) is 17.2 Å². The van der Waals surface area contributed by atoms with Crippen LogP contribution in [-0.4, -0.2) is 35.7 Å². The maximum Gasteiger partial charge on any atom is 0.327 e. The second-order valence-electron chi connectivity index (χ2n) is 8.31. The first kappa shape index (κ1) is 22.8. The van der Waals surface area contributed by atoms with Gasteiger partial charge in [0.1, 0.15) is 11.4 Å². The van der Waals surface area contributed by atoms with E-state index in [1.54, 1.807) is 38.1 Å². The third kappa shape index (κ3) is 3.45. The van der Waals surface area contributed by atoms with Crippen molar-refractivity contribution < 1.29 is 28.3 Å². The number of fused-ring (bicyclic) bond motifs is 1. The highest BCUT2D eigenvalue weighted by atomic mass is 19.1. The number of hydrogen-bond acceptors (Lipinski definition) is 6. The summed E-state index contributed by atoms with van der Waals surface area (Å²) in [5.74, 6) is -4.63. The van der Waals surface area contributed by atoms with Crippen LogP contribution >= 0.6 is 0 Å². The fourth-order valence-corrected chi connectivity index (χ4v) is 5.03. The number of carbonyl (C=O) groups is 4. The predicted octanol–water partition coefficient (Wildman–Crippen LogP) is 3.19. The van der Waals surface area contributed by atoms with E-state index in [4.69, 9.17) is 4.74 Å². The van der Waals surface area contributed by atoms with Crippen molar-refractivity contribution in [2.45, 2.75) is 38.8 Å². The largest absolute Gasteiger partial charge is 0.465 e. The van der Waals surface area contributed by atoms with E-state index in [1.165, 1.54) is 31.2 Å². The molecule has 4 atom stereocenters. The van der Waals surface area contributed by atoms with Crippen molar-refractivity contribution in [3.05, 3.63) is 65.5 Å². The molecule has 172 valence electrons. The molecule has 0 unspecified atom stereocenters. The van der Waals surface area contributed by atoms with Crippen LogP contribution in [0.5, 0.6) is 0 Å². The zero-order valence-corrected chi connectivity index (χ0v) is 18.6. The third-order valence-electron chi connectivity index (χ3n) is 6.60. The Hall–Kier alpha value is -3.39. The maximum atomic E-state index is 14.8. The van der Waals surface area contributed by atoms with Crippen molar-refractivity contribution in [1.82, 2.24) is 5.32 Å². The summed E-state index contributed by atoms with van der Waals surface area (Å²) in [4.78, 5) is 53.4. The van der Waals surface area contributed by atoms with Gasteiger partial charge in [0.05, 0.1) is 24.1 Å². The molecule has 0 aromatic heterocycles. The molecule has 0 spiro atoms. The summed E-state index contributed by atoms with van der Waals surface area (Å²) in [6.45, 7) is 4.86. The summed E-state index contributed by atoms with van der Waals surface area (Å²) in [5, 5.41) is 3.12. The van der Waals surface area contributed by atoms with Gasteiger partial charge in [0.25, 0.3) is 0 Å². The molecule has 2 amide bonds. The van der Waals surface area contributed by atoms with Crippen LogP contribution < -0.4 is 10.2 Å². The van der Waals surface area contributed by atoms with Crippen LogP contribution in [0.2, 0.25) is 0 Å². The molecule has 2 aliphatic heterocycles. The first-order valence-corrected chi connectivity index (χ1v) is 10.9. The number of esters is 1. The molecule has 2 aromatic rings. The smallest absolute Gasteiger partial charge is 0.327 e. The van der Waals surface area contributed by atoms with Crippen LogP contribution in [0.15, 0.2) is 48.5 Å². The van der Waals surface area contributed by atoms with Crippen LogP contribution in [0.1, 0.15) is 49.2 Å². The topological polar surface area (TPSA) is 92.8 Å². The van der Waals surface area contributed by atoms with E-state index in [-0.39, 0.29) is 30.1 Å². The van der Waals surface area contributed by atoms with Gasteiger partial charge in [-0.05, 0) is 38.5 Å². The lowest BCUT2D eigenvalue weighted by molar-refractivity contribution is -0.154. The van der Waals surface area contributed by atoms with Crippen molar-refractivity contribution in [2.24, 2.45) is 11.8 Å². The van der Waals surface area contributed by atoms with E-state index in [1.807, 2.05) is 0 Å². The quantitative estimate of drug-likeness (QED) is 0.411. The zero-order valence-electron chi connectivity index (χ0n) is 18.6. The minimum Gasteiger partial charge on any atom is -0.465 e. The molecule has 0 aliphatic carbocycles. The van der Waals surface area contributed by atoms with Gasteiger partial charge in [-0.3, -0.25) is 24.5 Å². The number of nitrogens with one attached hydrogen (secondary N) is 1. The highest BCUT2D eigenvalue weighted by molar-refractivity contribution is 6.24. The summed E-state index contributed by atoms with van der Waals surface area (Å²) in [5.41, 5.74) is -0.699. The van der Waals surface area contributed by atoms with E-state index in [9.17, 15) is 23.6 Å². The Kier molecular flexibility index (Phi) is 5.88. The molecule has 2 aromatic carbocycles. The number of rotatable bonds is 6. The van der Waals surface area contributed by atoms with E-state index >= 15 is 0 Å². The lowest BCUT2D eigenvalue weighted by atomic mass is 9.78. The minimum absolute atomic E-state index is 0.0938. The molecule has 33 heavy (non-hydrogen) atoms. The Labute approximate surface area is 190 Å². The highest BCUT2D eigenvalue weighted by Gasteiger charge is 2.68. The van der Waals surface area contributed by atoms with Crippen molar-refractivity contribution in [2.75, 3.05) is 11.5 Å². The third-order valence-corrected chi connectivity index (χ3v) is 6.60.